The molecule has 0 radical (unpaired) electrons. The molecule has 1 aromatic rings. The number of aryl methyl sites for hydroxylation is 1. The number of anilines is 1. The summed E-state index contributed by atoms with van der Waals surface area (Å²) >= 11 is 0. The topological polar surface area (TPSA) is 58.6 Å². The smallest absolute Gasteiger partial charge is 0.265 e. The third kappa shape index (κ3) is 3.10. The van der Waals surface area contributed by atoms with E-state index >= 15 is 0 Å². The fourth-order valence-corrected chi connectivity index (χ4v) is 2.05. The molecule has 5 heteroatoms. The molecule has 2 rings (SSSR count). The summed E-state index contributed by atoms with van der Waals surface area (Å²) in [6.45, 7) is 5.90. The molecule has 108 valence electrons. The van der Waals surface area contributed by atoms with Gasteiger partial charge >= 0.3 is 0 Å². The molecule has 1 aliphatic rings. The Labute approximate surface area is 118 Å². The van der Waals surface area contributed by atoms with E-state index in [2.05, 4.69) is 5.32 Å². The van der Waals surface area contributed by atoms with Crippen LogP contribution in [0.15, 0.2) is 18.2 Å². The molecule has 0 fully saturated rings. The lowest BCUT2D eigenvalue weighted by Gasteiger charge is -2.29. The van der Waals surface area contributed by atoms with Gasteiger partial charge in [0.2, 0.25) is 5.91 Å². The van der Waals surface area contributed by atoms with E-state index in [9.17, 15) is 9.59 Å². The lowest BCUT2D eigenvalue weighted by atomic mass is 10.1. The number of ether oxygens (including phenoxy) is 1. The molecule has 0 spiro atoms. The molecular weight excluding hydrogens is 256 g/mol. The number of amides is 2. The van der Waals surface area contributed by atoms with Crippen molar-refractivity contribution in [2.24, 2.45) is 0 Å². The van der Waals surface area contributed by atoms with Crippen molar-refractivity contribution < 1.29 is 14.3 Å². The molecule has 0 aromatic heterocycles. The minimum absolute atomic E-state index is 0.0212. The molecule has 5 nitrogen and oxygen atoms in total. The van der Waals surface area contributed by atoms with Crippen molar-refractivity contribution >= 4 is 17.5 Å². The maximum absolute atomic E-state index is 12.0. The fraction of sp³-hybridized carbons (Fsp3) is 0.467. The van der Waals surface area contributed by atoms with E-state index < -0.39 is 0 Å². The summed E-state index contributed by atoms with van der Waals surface area (Å²) in [4.78, 5) is 25.4. The van der Waals surface area contributed by atoms with Gasteiger partial charge in [-0.05, 0) is 38.0 Å². The number of benzene rings is 1. The van der Waals surface area contributed by atoms with E-state index in [1.165, 1.54) is 4.90 Å². The number of hydrogen-bond donors (Lipinski definition) is 1. The summed E-state index contributed by atoms with van der Waals surface area (Å²) in [6.07, 6.45) is 0.860. The van der Waals surface area contributed by atoms with Crippen LogP contribution in [-0.2, 0) is 9.59 Å². The van der Waals surface area contributed by atoms with Crippen LogP contribution in [0.3, 0.4) is 0 Å². The van der Waals surface area contributed by atoms with Gasteiger partial charge in [-0.15, -0.1) is 0 Å². The van der Waals surface area contributed by atoms with Gasteiger partial charge in [0.05, 0.1) is 5.69 Å². The zero-order valence-corrected chi connectivity index (χ0v) is 12.1. The normalized spacial score (nSPS) is 15.3. The quantitative estimate of drug-likeness (QED) is 0.909. The van der Waals surface area contributed by atoms with Crippen molar-refractivity contribution in [3.05, 3.63) is 23.8 Å². The molecule has 2 amide bonds. The van der Waals surface area contributed by atoms with Crippen molar-refractivity contribution in [3.63, 3.8) is 0 Å². The Bertz CT molecular complexity index is 528. The van der Waals surface area contributed by atoms with Crippen molar-refractivity contribution in [2.75, 3.05) is 18.1 Å². The first-order valence-corrected chi connectivity index (χ1v) is 6.84. The molecule has 0 bridgehead atoms. The predicted molar refractivity (Wildman–Crippen MR) is 76.9 cm³/mol. The monoisotopic (exact) mass is 276 g/mol. The summed E-state index contributed by atoms with van der Waals surface area (Å²) in [5, 5.41) is 2.87. The molecular formula is C15H20N2O3. The van der Waals surface area contributed by atoms with Crippen LogP contribution in [0.5, 0.6) is 5.75 Å². The molecule has 0 unspecified atom stereocenters. The second-order valence-electron chi connectivity index (χ2n) is 5.12. The van der Waals surface area contributed by atoms with Crippen molar-refractivity contribution in [3.8, 4) is 5.75 Å². The summed E-state index contributed by atoms with van der Waals surface area (Å²) < 4.78 is 5.38. The summed E-state index contributed by atoms with van der Waals surface area (Å²) in [5.41, 5.74) is 1.69. The lowest BCUT2D eigenvalue weighted by Crippen LogP contribution is -2.46. The first kappa shape index (κ1) is 14.4. The zero-order chi connectivity index (χ0) is 14.7. The average molecular weight is 276 g/mol. The highest BCUT2D eigenvalue weighted by molar-refractivity contribution is 6.02. The first-order valence-electron chi connectivity index (χ1n) is 6.84. The number of hydrogen-bond acceptors (Lipinski definition) is 3. The Morgan fingerprint density at radius 3 is 2.95 bits per heavy atom. The second-order valence-corrected chi connectivity index (χ2v) is 5.12. The first-order chi connectivity index (χ1) is 9.51. The van der Waals surface area contributed by atoms with E-state index in [0.29, 0.717) is 11.4 Å². The van der Waals surface area contributed by atoms with E-state index in [-0.39, 0.29) is 31.0 Å². The van der Waals surface area contributed by atoms with Gasteiger partial charge in [-0.1, -0.05) is 13.0 Å². The predicted octanol–water partition coefficient (Wildman–Crippen LogP) is 1.64. The summed E-state index contributed by atoms with van der Waals surface area (Å²) in [6, 6.07) is 5.72. The van der Waals surface area contributed by atoms with Gasteiger partial charge in [-0.2, -0.15) is 0 Å². The average Bonchev–Trinajstić information content (AvgIpc) is 2.42. The maximum Gasteiger partial charge on any atom is 0.265 e. The SMILES string of the molecule is CC[C@H](C)NC(=O)CN1C(=O)COc2ccc(C)cc21. The van der Waals surface area contributed by atoms with Gasteiger partial charge in [0.15, 0.2) is 6.61 Å². The molecule has 20 heavy (non-hydrogen) atoms. The Morgan fingerprint density at radius 2 is 2.25 bits per heavy atom. The minimum Gasteiger partial charge on any atom is -0.482 e. The van der Waals surface area contributed by atoms with Crippen molar-refractivity contribution in [1.29, 1.82) is 0 Å². The highest BCUT2D eigenvalue weighted by Gasteiger charge is 2.27. The van der Waals surface area contributed by atoms with Crippen LogP contribution in [0.25, 0.3) is 0 Å². The van der Waals surface area contributed by atoms with Gasteiger partial charge in [-0.25, -0.2) is 0 Å². The third-order valence-corrected chi connectivity index (χ3v) is 3.38. The maximum atomic E-state index is 12.0. The van der Waals surface area contributed by atoms with Crippen LogP contribution in [0, 0.1) is 6.92 Å². The van der Waals surface area contributed by atoms with Gasteiger partial charge in [-0.3, -0.25) is 14.5 Å². The fourth-order valence-electron chi connectivity index (χ4n) is 2.05. The molecule has 1 N–H and O–H groups in total. The summed E-state index contributed by atoms with van der Waals surface area (Å²) in [7, 11) is 0. The third-order valence-electron chi connectivity index (χ3n) is 3.38. The second kappa shape index (κ2) is 5.94. The van der Waals surface area contributed by atoms with Gasteiger partial charge in [0, 0.05) is 6.04 Å². The number of rotatable bonds is 4. The molecule has 0 aliphatic carbocycles. The van der Waals surface area contributed by atoms with Crippen LogP contribution in [0.2, 0.25) is 0 Å². The Hall–Kier alpha value is -2.04. The van der Waals surface area contributed by atoms with Crippen LogP contribution in [-0.4, -0.2) is 31.0 Å². The van der Waals surface area contributed by atoms with Crippen LogP contribution in [0.4, 0.5) is 5.69 Å². The Balaban J connectivity index is 2.17. The standard InChI is InChI=1S/C15H20N2O3/c1-4-11(3)16-14(18)8-17-12-7-10(2)5-6-13(12)20-9-15(17)19/h5-7,11H,4,8-9H2,1-3H3,(H,16,18)/t11-/m0/s1. The lowest BCUT2D eigenvalue weighted by molar-refractivity contribution is -0.125. The van der Waals surface area contributed by atoms with E-state index in [4.69, 9.17) is 4.74 Å². The van der Waals surface area contributed by atoms with Gasteiger partial charge in [0.25, 0.3) is 5.91 Å². The van der Waals surface area contributed by atoms with Crippen LogP contribution >= 0.6 is 0 Å². The molecule has 1 aromatic carbocycles. The molecule has 1 atom stereocenters. The van der Waals surface area contributed by atoms with E-state index in [1.54, 1.807) is 0 Å². The van der Waals surface area contributed by atoms with E-state index in [1.807, 2.05) is 39.0 Å². The van der Waals surface area contributed by atoms with Crippen LogP contribution < -0.4 is 15.0 Å². The number of nitrogens with zero attached hydrogens (tertiary/aromatic N) is 1. The number of carbonyl (C=O) groups excluding carboxylic acids is 2. The molecule has 0 saturated carbocycles. The number of fused-ring (bicyclic) bond motifs is 1. The largest absolute Gasteiger partial charge is 0.482 e. The molecule has 1 heterocycles. The van der Waals surface area contributed by atoms with E-state index in [0.717, 1.165) is 12.0 Å². The van der Waals surface area contributed by atoms with Gasteiger partial charge in [0.1, 0.15) is 12.3 Å². The minimum atomic E-state index is -0.192. The Kier molecular flexibility index (Phi) is 4.27. The highest BCUT2D eigenvalue weighted by Crippen LogP contribution is 2.32. The number of carbonyl (C=O) groups is 2. The summed E-state index contributed by atoms with van der Waals surface area (Å²) in [5.74, 6) is 0.302. The number of nitrogens with one attached hydrogen (secondary N) is 1. The zero-order valence-electron chi connectivity index (χ0n) is 12.1. The van der Waals surface area contributed by atoms with Crippen molar-refractivity contribution in [2.45, 2.75) is 33.2 Å². The highest BCUT2D eigenvalue weighted by atomic mass is 16.5. The molecule has 1 aliphatic heterocycles. The van der Waals surface area contributed by atoms with Crippen molar-refractivity contribution in [1.82, 2.24) is 5.32 Å². The Morgan fingerprint density at radius 1 is 1.50 bits per heavy atom. The molecule has 0 saturated heterocycles. The van der Waals surface area contributed by atoms with Gasteiger partial charge < -0.3 is 10.1 Å². The van der Waals surface area contributed by atoms with Crippen LogP contribution in [0.1, 0.15) is 25.8 Å².